The van der Waals surface area contributed by atoms with Crippen LogP contribution >= 0.6 is 0 Å². The van der Waals surface area contributed by atoms with E-state index >= 15 is 0 Å². The van der Waals surface area contributed by atoms with Crippen LogP contribution in [-0.2, 0) is 6.54 Å². The van der Waals surface area contributed by atoms with Crippen molar-refractivity contribution in [1.29, 1.82) is 0 Å². The summed E-state index contributed by atoms with van der Waals surface area (Å²) in [5.41, 5.74) is 4.59. The maximum atomic E-state index is 11.8. The summed E-state index contributed by atoms with van der Waals surface area (Å²) in [5, 5.41) is 2.84. The number of ether oxygens (including phenoxy) is 1. The van der Waals surface area contributed by atoms with E-state index in [4.69, 9.17) is 9.72 Å². The van der Waals surface area contributed by atoms with Gasteiger partial charge in [-0.25, -0.2) is 9.97 Å². The van der Waals surface area contributed by atoms with Gasteiger partial charge in [-0.1, -0.05) is 0 Å². The van der Waals surface area contributed by atoms with E-state index in [0.29, 0.717) is 12.1 Å². The number of rotatable bonds is 3. The Morgan fingerprint density at radius 2 is 1.96 bits per heavy atom. The molecule has 0 bridgehead atoms. The molecule has 144 valence electrons. The number of carbonyl (C=O) groups is 1. The van der Waals surface area contributed by atoms with Crippen molar-refractivity contribution < 1.29 is 9.53 Å². The third kappa shape index (κ3) is 2.96. The van der Waals surface area contributed by atoms with E-state index in [2.05, 4.69) is 20.2 Å². The molecule has 2 aromatic heterocycles. The highest BCUT2D eigenvalue weighted by molar-refractivity contribution is 5.98. The molecule has 7 nitrogen and oxygen atoms in total. The van der Waals surface area contributed by atoms with Gasteiger partial charge in [-0.2, -0.15) is 0 Å². The highest BCUT2D eigenvalue weighted by Crippen LogP contribution is 2.28. The number of aromatic nitrogens is 3. The summed E-state index contributed by atoms with van der Waals surface area (Å²) in [7, 11) is 0. The molecule has 4 heterocycles. The molecule has 1 saturated heterocycles. The fourth-order valence-electron chi connectivity index (χ4n) is 4.12. The molecule has 0 atom stereocenters. The van der Waals surface area contributed by atoms with E-state index in [0.717, 1.165) is 65.6 Å². The summed E-state index contributed by atoms with van der Waals surface area (Å²) < 4.78 is 6.22. The van der Waals surface area contributed by atoms with Crippen molar-refractivity contribution >= 4 is 22.8 Å². The van der Waals surface area contributed by atoms with Crippen molar-refractivity contribution in [3.05, 3.63) is 46.9 Å². The number of amides is 1. The lowest BCUT2D eigenvalue weighted by Crippen LogP contribution is -2.39. The van der Waals surface area contributed by atoms with Crippen molar-refractivity contribution in [1.82, 2.24) is 20.3 Å². The van der Waals surface area contributed by atoms with Crippen molar-refractivity contribution in [2.45, 2.75) is 39.3 Å². The van der Waals surface area contributed by atoms with Gasteiger partial charge in [0.15, 0.2) is 0 Å². The summed E-state index contributed by atoms with van der Waals surface area (Å²) in [6.45, 7) is 6.29. The first kappa shape index (κ1) is 17.0. The van der Waals surface area contributed by atoms with E-state index in [1.165, 1.54) is 0 Å². The lowest BCUT2D eigenvalue weighted by Gasteiger charge is -2.34. The molecule has 1 fully saturated rings. The van der Waals surface area contributed by atoms with Crippen LogP contribution in [0.15, 0.2) is 24.3 Å². The highest BCUT2D eigenvalue weighted by Gasteiger charge is 2.26. The van der Waals surface area contributed by atoms with Crippen molar-refractivity contribution in [3.63, 3.8) is 0 Å². The Morgan fingerprint density at radius 3 is 2.79 bits per heavy atom. The minimum absolute atomic E-state index is 0.0201. The average Bonchev–Trinajstić information content (AvgIpc) is 3.23. The third-order valence-corrected chi connectivity index (χ3v) is 5.54. The van der Waals surface area contributed by atoms with E-state index in [9.17, 15) is 4.79 Å². The number of hydrogen-bond donors (Lipinski definition) is 2. The molecule has 0 radical (unpaired) electrons. The van der Waals surface area contributed by atoms with Gasteiger partial charge in [-0.3, -0.25) is 4.79 Å². The summed E-state index contributed by atoms with van der Waals surface area (Å²) in [4.78, 5) is 26.6. The van der Waals surface area contributed by atoms with Crippen molar-refractivity contribution in [2.24, 2.45) is 0 Å². The monoisotopic (exact) mass is 377 g/mol. The number of carbonyl (C=O) groups excluding carboxylic acids is 1. The normalized spacial score (nSPS) is 17.1. The summed E-state index contributed by atoms with van der Waals surface area (Å²) in [6.07, 6.45) is 2.06. The van der Waals surface area contributed by atoms with Crippen LogP contribution in [0.5, 0.6) is 5.75 Å². The Balaban J connectivity index is 1.26. The minimum atomic E-state index is -0.0201. The predicted octanol–water partition coefficient (Wildman–Crippen LogP) is 2.87. The molecule has 0 aliphatic carbocycles. The molecule has 1 aromatic carbocycles. The molecule has 1 amide bonds. The Labute approximate surface area is 163 Å². The first-order chi connectivity index (χ1) is 13.6. The summed E-state index contributed by atoms with van der Waals surface area (Å²) in [5.74, 6) is 2.75. The minimum Gasteiger partial charge on any atom is -0.490 e. The molecule has 2 N–H and O–H groups in total. The number of benzene rings is 1. The van der Waals surface area contributed by atoms with Gasteiger partial charge >= 0.3 is 0 Å². The molecule has 2 aliphatic heterocycles. The predicted molar refractivity (Wildman–Crippen MR) is 107 cm³/mol. The molecule has 0 saturated carbocycles. The quantitative estimate of drug-likeness (QED) is 0.733. The maximum absolute atomic E-state index is 11.8. The maximum Gasteiger partial charge on any atom is 0.253 e. The number of hydrogen-bond acceptors (Lipinski definition) is 5. The van der Waals surface area contributed by atoms with Crippen LogP contribution in [0.2, 0.25) is 0 Å². The van der Waals surface area contributed by atoms with E-state index in [1.54, 1.807) is 0 Å². The fraction of sp³-hybridized carbons (Fsp3) is 0.381. The van der Waals surface area contributed by atoms with Gasteiger partial charge in [0, 0.05) is 32.0 Å². The first-order valence-electron chi connectivity index (χ1n) is 9.73. The second-order valence-corrected chi connectivity index (χ2v) is 7.61. The van der Waals surface area contributed by atoms with Crippen LogP contribution in [0.3, 0.4) is 0 Å². The zero-order chi connectivity index (χ0) is 19.3. The van der Waals surface area contributed by atoms with Gasteiger partial charge in [0.2, 0.25) is 0 Å². The molecule has 5 rings (SSSR count). The van der Waals surface area contributed by atoms with Gasteiger partial charge in [0.25, 0.3) is 5.91 Å². The molecule has 0 unspecified atom stereocenters. The largest absolute Gasteiger partial charge is 0.490 e. The number of nitrogens with zero attached hydrogens (tertiary/aromatic N) is 3. The van der Waals surface area contributed by atoms with Crippen LogP contribution in [0.4, 0.5) is 5.82 Å². The molecular weight excluding hydrogens is 354 g/mol. The van der Waals surface area contributed by atoms with E-state index in [-0.39, 0.29) is 12.0 Å². The molecule has 7 heteroatoms. The number of imidazole rings is 1. The Hall–Kier alpha value is -3.09. The SMILES string of the molecule is Cc1nc2cc(OC3CCN(c4nc5c(cc4C)C(=O)NC5)CC3)ccc2[nH]1. The summed E-state index contributed by atoms with van der Waals surface area (Å²) in [6, 6.07) is 7.99. The molecular formula is C21H23N5O2. The number of fused-ring (bicyclic) bond motifs is 2. The van der Waals surface area contributed by atoms with Gasteiger partial charge in [0.05, 0.1) is 28.8 Å². The van der Waals surface area contributed by atoms with E-state index < -0.39 is 0 Å². The molecule has 0 spiro atoms. The van der Waals surface area contributed by atoms with Gasteiger partial charge in [-0.15, -0.1) is 0 Å². The number of piperidine rings is 1. The Kier molecular flexibility index (Phi) is 3.96. The molecule has 2 aliphatic rings. The van der Waals surface area contributed by atoms with Crippen LogP contribution in [0.1, 0.15) is 40.3 Å². The second kappa shape index (κ2) is 6.51. The topological polar surface area (TPSA) is 83.1 Å². The fourth-order valence-corrected chi connectivity index (χ4v) is 4.12. The smallest absolute Gasteiger partial charge is 0.253 e. The number of aryl methyl sites for hydroxylation is 2. The lowest BCUT2D eigenvalue weighted by atomic mass is 10.1. The van der Waals surface area contributed by atoms with Gasteiger partial charge in [0.1, 0.15) is 23.5 Å². The number of anilines is 1. The lowest BCUT2D eigenvalue weighted by molar-refractivity contribution is 0.0965. The second-order valence-electron chi connectivity index (χ2n) is 7.61. The van der Waals surface area contributed by atoms with E-state index in [1.807, 2.05) is 38.1 Å². The Morgan fingerprint density at radius 1 is 1.14 bits per heavy atom. The van der Waals surface area contributed by atoms with Gasteiger partial charge < -0.3 is 19.9 Å². The number of nitrogens with one attached hydrogen (secondary N) is 2. The molecule has 3 aromatic rings. The first-order valence-corrected chi connectivity index (χ1v) is 9.73. The van der Waals surface area contributed by atoms with Crippen LogP contribution in [0, 0.1) is 13.8 Å². The van der Waals surface area contributed by atoms with Crippen LogP contribution in [-0.4, -0.2) is 40.1 Å². The zero-order valence-electron chi connectivity index (χ0n) is 16.1. The van der Waals surface area contributed by atoms with Crippen LogP contribution < -0.4 is 15.0 Å². The third-order valence-electron chi connectivity index (χ3n) is 5.54. The number of aromatic amines is 1. The average molecular weight is 377 g/mol. The van der Waals surface area contributed by atoms with Crippen molar-refractivity contribution in [3.8, 4) is 5.75 Å². The summed E-state index contributed by atoms with van der Waals surface area (Å²) >= 11 is 0. The zero-order valence-corrected chi connectivity index (χ0v) is 16.1. The Bertz CT molecular complexity index is 1070. The van der Waals surface area contributed by atoms with Crippen LogP contribution in [0.25, 0.3) is 11.0 Å². The standard InChI is InChI=1S/C21H23N5O2/c1-12-9-16-19(11-22-21(16)27)25-20(12)26-7-5-14(6-8-26)28-15-3-4-17-18(10-15)24-13(2)23-17/h3-4,9-10,14H,5-8,11H2,1-2H3,(H,22,27)(H,23,24). The van der Waals surface area contributed by atoms with Gasteiger partial charge in [-0.05, 0) is 37.6 Å². The highest BCUT2D eigenvalue weighted by atomic mass is 16.5. The molecule has 28 heavy (non-hydrogen) atoms. The number of H-pyrrole nitrogens is 1. The van der Waals surface area contributed by atoms with Crippen molar-refractivity contribution in [2.75, 3.05) is 18.0 Å². The number of pyridine rings is 1.